The highest BCUT2D eigenvalue weighted by molar-refractivity contribution is 5.70. The van der Waals surface area contributed by atoms with Crippen LogP contribution in [0.25, 0.3) is 11.1 Å². The molecule has 0 spiro atoms. The van der Waals surface area contributed by atoms with E-state index in [0.717, 1.165) is 12.6 Å². The fraction of sp³-hybridized carbons (Fsp3) is 0.500. The molecule has 1 saturated carbocycles. The molecule has 3 rings (SSSR count). The van der Waals surface area contributed by atoms with Crippen LogP contribution in [0.5, 0.6) is 0 Å². The Kier molecular flexibility index (Phi) is 3.62. The molecule has 1 aliphatic carbocycles. The lowest BCUT2D eigenvalue weighted by atomic mass is 9.86. The van der Waals surface area contributed by atoms with Crippen LogP contribution >= 0.6 is 0 Å². The van der Waals surface area contributed by atoms with Crippen LogP contribution in [0.4, 0.5) is 0 Å². The summed E-state index contributed by atoms with van der Waals surface area (Å²) in [5.74, 6) is 0. The summed E-state index contributed by atoms with van der Waals surface area (Å²) in [4.78, 5) is 0. The molecule has 0 amide bonds. The molecule has 3 heteroatoms. The molecule has 2 aromatic rings. The van der Waals surface area contributed by atoms with Gasteiger partial charge in [0, 0.05) is 36.8 Å². The molecule has 1 aliphatic rings. The van der Waals surface area contributed by atoms with Gasteiger partial charge in [0.05, 0.1) is 5.69 Å². The van der Waals surface area contributed by atoms with E-state index in [1.807, 2.05) is 11.7 Å². The third-order valence-electron chi connectivity index (χ3n) is 4.01. The van der Waals surface area contributed by atoms with Gasteiger partial charge in [0.25, 0.3) is 0 Å². The minimum atomic E-state index is 0.0492. The third kappa shape index (κ3) is 3.18. The molecule has 1 N–H and O–H groups in total. The van der Waals surface area contributed by atoms with E-state index in [-0.39, 0.29) is 5.41 Å². The second kappa shape index (κ2) is 5.30. The van der Waals surface area contributed by atoms with Gasteiger partial charge in [-0.25, -0.2) is 0 Å². The minimum Gasteiger partial charge on any atom is -0.310 e. The zero-order valence-corrected chi connectivity index (χ0v) is 13.5. The van der Waals surface area contributed by atoms with Gasteiger partial charge in [-0.3, -0.25) is 4.68 Å². The molecule has 1 fully saturated rings. The topological polar surface area (TPSA) is 29.9 Å². The molecule has 112 valence electrons. The van der Waals surface area contributed by atoms with Crippen molar-refractivity contribution in [2.75, 3.05) is 0 Å². The van der Waals surface area contributed by atoms with E-state index in [9.17, 15) is 0 Å². The predicted molar refractivity (Wildman–Crippen MR) is 87.2 cm³/mol. The van der Waals surface area contributed by atoms with Crippen molar-refractivity contribution in [1.29, 1.82) is 0 Å². The van der Waals surface area contributed by atoms with Crippen LogP contribution in [0.3, 0.4) is 0 Å². The number of aromatic nitrogens is 2. The SMILES string of the molecule is Cn1cc(-c2ccccc2CNC2CC2)c(C(C)(C)C)n1. The number of nitrogens with zero attached hydrogens (tertiary/aromatic N) is 2. The van der Waals surface area contributed by atoms with E-state index in [2.05, 4.69) is 56.6 Å². The summed E-state index contributed by atoms with van der Waals surface area (Å²) in [5, 5.41) is 8.32. The molecular weight excluding hydrogens is 258 g/mol. The van der Waals surface area contributed by atoms with E-state index in [1.54, 1.807) is 0 Å². The molecule has 21 heavy (non-hydrogen) atoms. The van der Waals surface area contributed by atoms with Gasteiger partial charge in [-0.15, -0.1) is 0 Å². The molecule has 0 radical (unpaired) electrons. The van der Waals surface area contributed by atoms with Gasteiger partial charge < -0.3 is 5.32 Å². The van der Waals surface area contributed by atoms with Crippen LogP contribution in [-0.4, -0.2) is 15.8 Å². The van der Waals surface area contributed by atoms with Crippen LogP contribution < -0.4 is 5.32 Å². The van der Waals surface area contributed by atoms with Crippen LogP contribution in [0, 0.1) is 0 Å². The zero-order valence-electron chi connectivity index (χ0n) is 13.5. The van der Waals surface area contributed by atoms with Crippen molar-refractivity contribution in [3.8, 4) is 11.1 Å². The standard InChI is InChI=1S/C18H25N3/c1-18(2,3)17-16(12-21(4)20-17)15-8-6-5-7-13(15)11-19-14-9-10-14/h5-8,12,14,19H,9-11H2,1-4H3. The average molecular weight is 283 g/mol. The quantitative estimate of drug-likeness (QED) is 0.928. The molecule has 1 aromatic carbocycles. The van der Waals surface area contributed by atoms with Crippen molar-refractivity contribution < 1.29 is 0 Å². The van der Waals surface area contributed by atoms with Crippen LogP contribution in [-0.2, 0) is 19.0 Å². The number of hydrogen-bond donors (Lipinski definition) is 1. The Labute approximate surface area is 127 Å². The van der Waals surface area contributed by atoms with Crippen molar-refractivity contribution in [1.82, 2.24) is 15.1 Å². The molecular formula is C18H25N3. The minimum absolute atomic E-state index is 0.0492. The van der Waals surface area contributed by atoms with Gasteiger partial charge in [-0.1, -0.05) is 45.0 Å². The molecule has 0 unspecified atom stereocenters. The first kappa shape index (κ1) is 14.3. The lowest BCUT2D eigenvalue weighted by Crippen LogP contribution is -2.17. The number of nitrogens with one attached hydrogen (secondary N) is 1. The second-order valence-corrected chi connectivity index (χ2v) is 7.13. The highest BCUT2D eigenvalue weighted by atomic mass is 15.3. The average Bonchev–Trinajstić information content (AvgIpc) is 3.16. The first-order chi connectivity index (χ1) is 9.95. The van der Waals surface area contributed by atoms with Gasteiger partial charge >= 0.3 is 0 Å². The van der Waals surface area contributed by atoms with E-state index >= 15 is 0 Å². The molecule has 0 bridgehead atoms. The van der Waals surface area contributed by atoms with Crippen molar-refractivity contribution in [2.24, 2.45) is 7.05 Å². The summed E-state index contributed by atoms with van der Waals surface area (Å²) in [7, 11) is 2.00. The summed E-state index contributed by atoms with van der Waals surface area (Å²) in [6, 6.07) is 9.42. The first-order valence-electron chi connectivity index (χ1n) is 7.81. The Bertz CT molecular complexity index is 630. The lowest BCUT2D eigenvalue weighted by Gasteiger charge is -2.19. The summed E-state index contributed by atoms with van der Waals surface area (Å²) >= 11 is 0. The normalized spacial score (nSPS) is 15.4. The monoisotopic (exact) mass is 283 g/mol. The van der Waals surface area contributed by atoms with Crippen LogP contribution in [0.2, 0.25) is 0 Å². The van der Waals surface area contributed by atoms with Gasteiger partial charge in [-0.2, -0.15) is 5.10 Å². The Morgan fingerprint density at radius 1 is 1.19 bits per heavy atom. The largest absolute Gasteiger partial charge is 0.310 e. The van der Waals surface area contributed by atoms with Gasteiger partial charge in [0.2, 0.25) is 0 Å². The maximum atomic E-state index is 4.70. The van der Waals surface area contributed by atoms with Crippen LogP contribution in [0.1, 0.15) is 44.9 Å². The van der Waals surface area contributed by atoms with E-state index in [4.69, 9.17) is 5.10 Å². The maximum Gasteiger partial charge on any atom is 0.0756 e. The fourth-order valence-corrected chi connectivity index (χ4v) is 2.72. The van der Waals surface area contributed by atoms with E-state index in [0.29, 0.717) is 0 Å². The Morgan fingerprint density at radius 3 is 2.57 bits per heavy atom. The molecule has 1 aromatic heterocycles. The summed E-state index contributed by atoms with van der Waals surface area (Å²) in [5.41, 5.74) is 5.15. The van der Waals surface area contributed by atoms with Crippen molar-refractivity contribution >= 4 is 0 Å². The Hall–Kier alpha value is -1.61. The maximum absolute atomic E-state index is 4.70. The molecule has 3 nitrogen and oxygen atoms in total. The van der Waals surface area contributed by atoms with Crippen molar-refractivity contribution in [3.05, 3.63) is 41.7 Å². The molecule has 0 atom stereocenters. The van der Waals surface area contributed by atoms with Crippen molar-refractivity contribution in [3.63, 3.8) is 0 Å². The Morgan fingerprint density at radius 2 is 1.90 bits per heavy atom. The van der Waals surface area contributed by atoms with Gasteiger partial charge in [-0.05, 0) is 24.0 Å². The van der Waals surface area contributed by atoms with Crippen molar-refractivity contribution in [2.45, 2.75) is 51.6 Å². The highest BCUT2D eigenvalue weighted by Crippen LogP contribution is 2.33. The third-order valence-corrected chi connectivity index (χ3v) is 4.01. The molecule has 0 aliphatic heterocycles. The number of aryl methyl sites for hydroxylation is 1. The summed E-state index contributed by atoms with van der Waals surface area (Å²) < 4.78 is 1.93. The lowest BCUT2D eigenvalue weighted by molar-refractivity contribution is 0.554. The smallest absolute Gasteiger partial charge is 0.0756 e. The summed E-state index contributed by atoms with van der Waals surface area (Å²) in [6.45, 7) is 7.62. The fourth-order valence-electron chi connectivity index (χ4n) is 2.72. The number of hydrogen-bond acceptors (Lipinski definition) is 2. The van der Waals surface area contributed by atoms with E-state index in [1.165, 1.54) is 35.2 Å². The summed E-state index contributed by atoms with van der Waals surface area (Å²) in [6.07, 6.45) is 4.79. The second-order valence-electron chi connectivity index (χ2n) is 7.13. The Balaban J connectivity index is 1.99. The van der Waals surface area contributed by atoms with E-state index < -0.39 is 0 Å². The number of benzene rings is 1. The van der Waals surface area contributed by atoms with Crippen LogP contribution in [0.15, 0.2) is 30.5 Å². The first-order valence-corrected chi connectivity index (χ1v) is 7.81. The molecule has 1 heterocycles. The predicted octanol–water partition coefficient (Wildman–Crippen LogP) is 3.64. The highest BCUT2D eigenvalue weighted by Gasteiger charge is 2.24. The van der Waals surface area contributed by atoms with Gasteiger partial charge in [0.15, 0.2) is 0 Å². The number of rotatable bonds is 4. The van der Waals surface area contributed by atoms with Gasteiger partial charge in [0.1, 0.15) is 0 Å². The molecule has 0 saturated heterocycles. The zero-order chi connectivity index (χ0) is 15.0.